The van der Waals surface area contributed by atoms with Crippen molar-refractivity contribution < 1.29 is 13.2 Å². The fraction of sp³-hybridized carbons (Fsp3) is 0.462. The maximum absolute atomic E-state index is 12.3. The van der Waals surface area contributed by atoms with E-state index in [1.54, 1.807) is 20.9 Å². The van der Waals surface area contributed by atoms with Crippen LogP contribution in [0.5, 0.6) is 0 Å². The molecule has 0 aliphatic rings. The van der Waals surface area contributed by atoms with E-state index in [0.717, 1.165) is 0 Å². The minimum atomic E-state index is -3.78. The molecule has 1 aromatic rings. The number of amides is 1. The van der Waals surface area contributed by atoms with Crippen LogP contribution < -0.4 is 10.5 Å². The van der Waals surface area contributed by atoms with Crippen LogP contribution in [0.2, 0.25) is 0 Å². The minimum Gasteiger partial charge on any atom is -0.399 e. The van der Waals surface area contributed by atoms with E-state index in [1.807, 2.05) is 6.92 Å². The summed E-state index contributed by atoms with van der Waals surface area (Å²) < 4.78 is 27.0. The maximum Gasteiger partial charge on any atom is 0.254 e. The van der Waals surface area contributed by atoms with Crippen LogP contribution in [0.4, 0.5) is 5.69 Å². The van der Waals surface area contributed by atoms with Crippen LogP contribution in [-0.2, 0) is 10.0 Å². The molecule has 6 nitrogen and oxygen atoms in total. The molecule has 7 heteroatoms. The average molecular weight is 299 g/mol. The molecular formula is C13H21N3O3S. The van der Waals surface area contributed by atoms with Gasteiger partial charge in [-0.1, -0.05) is 0 Å². The molecule has 1 amide bonds. The number of carbonyl (C=O) groups excluding carboxylic acids is 1. The quantitative estimate of drug-likeness (QED) is 0.795. The summed E-state index contributed by atoms with van der Waals surface area (Å²) >= 11 is 0. The number of anilines is 1. The Bertz CT molecular complexity index is 597. The molecule has 0 atom stereocenters. The Hall–Kier alpha value is -1.60. The van der Waals surface area contributed by atoms with Crippen molar-refractivity contribution in [1.82, 2.24) is 9.62 Å². The van der Waals surface area contributed by atoms with Gasteiger partial charge in [-0.15, -0.1) is 0 Å². The molecule has 0 saturated heterocycles. The van der Waals surface area contributed by atoms with Gasteiger partial charge in [-0.25, -0.2) is 13.1 Å². The lowest BCUT2D eigenvalue weighted by Crippen LogP contribution is -2.33. The summed E-state index contributed by atoms with van der Waals surface area (Å²) in [6.07, 6.45) is 0. The van der Waals surface area contributed by atoms with Crippen molar-refractivity contribution >= 4 is 21.6 Å². The first kappa shape index (κ1) is 16.5. The van der Waals surface area contributed by atoms with Crippen LogP contribution >= 0.6 is 0 Å². The highest BCUT2D eigenvalue weighted by atomic mass is 32.2. The van der Waals surface area contributed by atoms with E-state index >= 15 is 0 Å². The molecule has 112 valence electrons. The fourth-order valence-electron chi connectivity index (χ4n) is 1.66. The van der Waals surface area contributed by atoms with Gasteiger partial charge in [0.25, 0.3) is 5.91 Å². The summed E-state index contributed by atoms with van der Waals surface area (Å²) in [7, 11) is -2.16. The zero-order valence-corrected chi connectivity index (χ0v) is 13.0. The van der Waals surface area contributed by atoms with Gasteiger partial charge in [0.05, 0.1) is 10.5 Å². The zero-order chi connectivity index (χ0) is 15.5. The van der Waals surface area contributed by atoms with Crippen LogP contribution in [0.25, 0.3) is 0 Å². The lowest BCUT2D eigenvalue weighted by molar-refractivity contribution is 0.0798. The molecule has 3 N–H and O–H groups in total. The van der Waals surface area contributed by atoms with Crippen molar-refractivity contribution in [3.8, 4) is 0 Å². The summed E-state index contributed by atoms with van der Waals surface area (Å²) in [5, 5.41) is 0. The lowest BCUT2D eigenvalue weighted by atomic mass is 10.2. The van der Waals surface area contributed by atoms with Crippen LogP contribution in [-0.4, -0.2) is 38.9 Å². The Morgan fingerprint density at radius 2 is 2.00 bits per heavy atom. The molecule has 0 radical (unpaired) electrons. The monoisotopic (exact) mass is 299 g/mol. The lowest BCUT2D eigenvalue weighted by Gasteiger charge is -2.18. The highest BCUT2D eigenvalue weighted by Gasteiger charge is 2.24. The number of rotatable bonds is 5. The topological polar surface area (TPSA) is 92.5 Å². The van der Waals surface area contributed by atoms with Gasteiger partial charge in [0.1, 0.15) is 0 Å². The number of carbonyl (C=O) groups is 1. The summed E-state index contributed by atoms with van der Waals surface area (Å²) in [6, 6.07) is 4.00. The van der Waals surface area contributed by atoms with Gasteiger partial charge in [0.15, 0.2) is 0 Å². The van der Waals surface area contributed by atoms with Crippen LogP contribution in [0.15, 0.2) is 23.1 Å². The number of nitrogens with two attached hydrogens (primary N) is 1. The normalized spacial score (nSPS) is 11.7. The molecular weight excluding hydrogens is 278 g/mol. The predicted molar refractivity (Wildman–Crippen MR) is 78.9 cm³/mol. The fourth-order valence-corrected chi connectivity index (χ4v) is 3.14. The summed E-state index contributed by atoms with van der Waals surface area (Å²) in [6.45, 7) is 5.73. The van der Waals surface area contributed by atoms with Gasteiger partial charge in [0.2, 0.25) is 10.0 Å². The van der Waals surface area contributed by atoms with Crippen molar-refractivity contribution in [1.29, 1.82) is 0 Å². The highest BCUT2D eigenvalue weighted by Crippen LogP contribution is 2.21. The van der Waals surface area contributed by atoms with Crippen molar-refractivity contribution in [2.45, 2.75) is 31.7 Å². The van der Waals surface area contributed by atoms with Crippen LogP contribution in [0.3, 0.4) is 0 Å². The van der Waals surface area contributed by atoms with Gasteiger partial charge >= 0.3 is 0 Å². The van der Waals surface area contributed by atoms with Crippen molar-refractivity contribution in [3.63, 3.8) is 0 Å². The molecule has 0 aliphatic heterocycles. The highest BCUT2D eigenvalue weighted by molar-refractivity contribution is 7.89. The Morgan fingerprint density at radius 1 is 1.40 bits per heavy atom. The first-order valence-electron chi connectivity index (χ1n) is 6.36. The Labute approximate surface area is 120 Å². The van der Waals surface area contributed by atoms with Crippen molar-refractivity contribution in [2.24, 2.45) is 0 Å². The summed E-state index contributed by atoms with van der Waals surface area (Å²) in [5.41, 5.74) is 6.06. The van der Waals surface area contributed by atoms with Gasteiger partial charge in [-0.2, -0.15) is 0 Å². The SMILES string of the molecule is CCN(C)C(=O)c1ccc(N)cc1S(=O)(=O)NC(C)C. The van der Waals surface area contributed by atoms with Crippen LogP contribution in [0, 0.1) is 0 Å². The molecule has 0 unspecified atom stereocenters. The second kappa shape index (κ2) is 6.23. The molecule has 0 fully saturated rings. The van der Waals surface area contributed by atoms with Crippen molar-refractivity contribution in [2.75, 3.05) is 19.3 Å². The zero-order valence-electron chi connectivity index (χ0n) is 12.2. The van der Waals surface area contributed by atoms with E-state index in [0.29, 0.717) is 12.2 Å². The summed E-state index contributed by atoms with van der Waals surface area (Å²) in [5.74, 6) is -0.350. The second-order valence-electron chi connectivity index (χ2n) is 4.85. The number of nitrogen functional groups attached to an aromatic ring is 1. The van der Waals surface area contributed by atoms with E-state index in [1.165, 1.54) is 23.1 Å². The van der Waals surface area contributed by atoms with Gasteiger partial charge in [-0.3, -0.25) is 4.79 Å². The van der Waals surface area contributed by atoms with Crippen LogP contribution in [0.1, 0.15) is 31.1 Å². The molecule has 1 aromatic carbocycles. The van der Waals surface area contributed by atoms with E-state index in [9.17, 15) is 13.2 Å². The molecule has 0 bridgehead atoms. The van der Waals surface area contributed by atoms with E-state index in [-0.39, 0.29) is 22.4 Å². The van der Waals surface area contributed by atoms with Crippen molar-refractivity contribution in [3.05, 3.63) is 23.8 Å². The number of nitrogens with zero attached hydrogens (tertiary/aromatic N) is 1. The smallest absolute Gasteiger partial charge is 0.254 e. The first-order chi connectivity index (χ1) is 9.19. The molecule has 0 heterocycles. The number of sulfonamides is 1. The maximum atomic E-state index is 12.3. The largest absolute Gasteiger partial charge is 0.399 e. The average Bonchev–Trinajstić information content (AvgIpc) is 2.35. The third kappa shape index (κ3) is 3.71. The molecule has 0 spiro atoms. The van der Waals surface area contributed by atoms with E-state index in [4.69, 9.17) is 5.73 Å². The first-order valence-corrected chi connectivity index (χ1v) is 7.84. The Balaban J connectivity index is 3.38. The number of benzene rings is 1. The standard InChI is InChI=1S/C13H21N3O3S/c1-5-16(4)13(17)11-7-6-10(14)8-12(11)20(18,19)15-9(2)3/h6-9,15H,5,14H2,1-4H3. The van der Waals surface area contributed by atoms with E-state index in [2.05, 4.69) is 4.72 Å². The van der Waals surface area contributed by atoms with E-state index < -0.39 is 10.0 Å². The van der Waals surface area contributed by atoms with Gasteiger partial charge < -0.3 is 10.6 Å². The number of nitrogens with one attached hydrogen (secondary N) is 1. The third-order valence-corrected chi connectivity index (χ3v) is 4.44. The molecule has 0 saturated carbocycles. The Kier molecular flexibility index (Phi) is 5.13. The molecule has 0 aromatic heterocycles. The van der Waals surface area contributed by atoms with Gasteiger partial charge in [-0.05, 0) is 39.0 Å². The van der Waals surface area contributed by atoms with Gasteiger partial charge in [0, 0.05) is 25.3 Å². The second-order valence-corrected chi connectivity index (χ2v) is 6.53. The number of hydrogen-bond acceptors (Lipinski definition) is 4. The third-order valence-electron chi connectivity index (χ3n) is 2.74. The minimum absolute atomic E-state index is 0.0866. The molecule has 1 rings (SSSR count). The summed E-state index contributed by atoms with van der Waals surface area (Å²) in [4.78, 5) is 13.6. The Morgan fingerprint density at radius 3 is 2.50 bits per heavy atom. The predicted octanol–water partition coefficient (Wildman–Crippen LogP) is 1.05. The number of hydrogen-bond donors (Lipinski definition) is 2. The molecule has 20 heavy (non-hydrogen) atoms. The molecule has 0 aliphatic carbocycles.